The summed E-state index contributed by atoms with van der Waals surface area (Å²) in [5.74, 6) is -0.924. The molecule has 0 aliphatic rings. The molecule has 0 amide bonds. The van der Waals surface area contributed by atoms with Crippen molar-refractivity contribution in [2.75, 3.05) is 0 Å². The third kappa shape index (κ3) is 1.77. The molecule has 0 unspecified atom stereocenters. The molecule has 0 radical (unpaired) electrons. The minimum absolute atomic E-state index is 0.321. The molecule has 2 aromatic heterocycles. The summed E-state index contributed by atoms with van der Waals surface area (Å²) in [4.78, 5) is 12.6. The van der Waals surface area contributed by atoms with Crippen LogP contribution in [-0.2, 0) is 0 Å². The largest absolute Gasteiger partial charge is 0.477 e. The molecule has 0 atom stereocenters. The highest BCUT2D eigenvalue weighted by Gasteiger charge is 2.14. The minimum Gasteiger partial charge on any atom is -0.477 e. The molecule has 0 saturated carbocycles. The van der Waals surface area contributed by atoms with Gasteiger partial charge in [0.15, 0.2) is 0 Å². The van der Waals surface area contributed by atoms with Crippen LogP contribution in [-0.4, -0.2) is 11.1 Å². The fourth-order valence-electron chi connectivity index (χ4n) is 1.21. The van der Waals surface area contributed by atoms with E-state index in [2.05, 4.69) is 0 Å². The average molecular weight is 235 g/mol. The van der Waals surface area contributed by atoms with Gasteiger partial charge < -0.3 is 5.11 Å². The Hall–Kier alpha value is -1.64. The lowest BCUT2D eigenvalue weighted by Crippen LogP contribution is -1.93. The molecule has 1 N–H and O–H groups in total. The highest BCUT2D eigenvalue weighted by Crippen LogP contribution is 2.33. The molecule has 2 heterocycles. The van der Waals surface area contributed by atoms with Crippen molar-refractivity contribution in [2.24, 2.45) is 0 Å². The summed E-state index contributed by atoms with van der Waals surface area (Å²) in [6, 6.07) is 7.27. The second kappa shape index (κ2) is 3.85. The van der Waals surface area contributed by atoms with E-state index in [0.29, 0.717) is 15.3 Å². The maximum absolute atomic E-state index is 10.9. The van der Waals surface area contributed by atoms with E-state index >= 15 is 0 Å². The normalized spacial score (nSPS) is 9.80. The number of carboxylic acids is 1. The summed E-state index contributed by atoms with van der Waals surface area (Å²) in [7, 11) is 0. The molecule has 3 nitrogen and oxygen atoms in total. The van der Waals surface area contributed by atoms with Gasteiger partial charge in [0, 0.05) is 10.4 Å². The van der Waals surface area contributed by atoms with Gasteiger partial charge in [-0.1, -0.05) is 0 Å². The number of carbonyl (C=O) groups is 1. The number of rotatable bonds is 2. The molecule has 0 aromatic carbocycles. The Bertz CT molecular complexity index is 548. The lowest BCUT2D eigenvalue weighted by atomic mass is 10.2. The van der Waals surface area contributed by atoms with E-state index in [1.165, 1.54) is 22.7 Å². The maximum atomic E-state index is 10.9. The predicted molar refractivity (Wildman–Crippen MR) is 59.3 cm³/mol. The van der Waals surface area contributed by atoms with Crippen LogP contribution in [0.5, 0.6) is 0 Å². The second-order valence-corrected chi connectivity index (χ2v) is 4.74. The van der Waals surface area contributed by atoms with Crippen molar-refractivity contribution < 1.29 is 9.90 Å². The Labute approximate surface area is 93.8 Å². The first-order valence-electron chi connectivity index (χ1n) is 4.03. The van der Waals surface area contributed by atoms with Gasteiger partial charge in [-0.3, -0.25) is 0 Å². The van der Waals surface area contributed by atoms with Crippen LogP contribution >= 0.6 is 22.7 Å². The molecule has 0 aliphatic carbocycles. The molecule has 74 valence electrons. The van der Waals surface area contributed by atoms with E-state index in [-0.39, 0.29) is 0 Å². The molecular weight excluding hydrogens is 230 g/mol. The number of carboxylic acid groups (broad SMARTS) is 1. The van der Waals surface area contributed by atoms with Crippen LogP contribution in [0.4, 0.5) is 0 Å². The van der Waals surface area contributed by atoms with Crippen LogP contribution in [0.25, 0.3) is 10.4 Å². The van der Waals surface area contributed by atoms with Crippen LogP contribution in [0.1, 0.15) is 14.5 Å². The molecule has 2 rings (SSSR count). The fraction of sp³-hybridized carbons (Fsp3) is 0. The van der Waals surface area contributed by atoms with E-state index in [9.17, 15) is 4.79 Å². The zero-order valence-corrected chi connectivity index (χ0v) is 9.06. The van der Waals surface area contributed by atoms with Crippen LogP contribution in [0.15, 0.2) is 23.6 Å². The number of thiophene rings is 2. The minimum atomic E-state index is -0.924. The number of hydrogen-bond acceptors (Lipinski definition) is 4. The first kappa shape index (κ1) is 9.90. The van der Waals surface area contributed by atoms with Crippen molar-refractivity contribution in [2.45, 2.75) is 0 Å². The molecule has 0 bridgehead atoms. The molecular formula is C10H5NO2S2. The fourth-order valence-corrected chi connectivity index (χ4v) is 2.86. The first-order chi connectivity index (χ1) is 7.22. The Balaban J connectivity index is 2.50. The molecule has 0 aliphatic heterocycles. The van der Waals surface area contributed by atoms with Gasteiger partial charge in [-0.25, -0.2) is 4.79 Å². The van der Waals surface area contributed by atoms with Crippen molar-refractivity contribution in [3.8, 4) is 16.5 Å². The summed E-state index contributed by atoms with van der Waals surface area (Å²) in [5.41, 5.74) is 0.694. The smallest absolute Gasteiger partial charge is 0.346 e. The zero-order chi connectivity index (χ0) is 10.8. The molecule has 0 fully saturated rings. The summed E-state index contributed by atoms with van der Waals surface area (Å²) < 4.78 is 0. The summed E-state index contributed by atoms with van der Waals surface area (Å²) in [6.07, 6.45) is 0. The third-order valence-electron chi connectivity index (χ3n) is 1.84. The summed E-state index contributed by atoms with van der Waals surface area (Å²) in [5, 5.41) is 19.3. The molecule has 2 aromatic rings. The lowest BCUT2D eigenvalue weighted by molar-refractivity contribution is 0.0703. The standard InChI is InChI=1S/C10H5NO2S2/c11-5-6-1-2-8(15-6)7-3-4-14-9(7)10(12)13/h1-4H,(H,12,13). The van der Waals surface area contributed by atoms with Gasteiger partial charge in [0.1, 0.15) is 15.8 Å². The topological polar surface area (TPSA) is 61.1 Å². The predicted octanol–water partition coefficient (Wildman–Crippen LogP) is 3.05. The number of aromatic carboxylic acids is 1. The van der Waals surface area contributed by atoms with Crippen LogP contribution in [0.2, 0.25) is 0 Å². The van der Waals surface area contributed by atoms with Crippen LogP contribution in [0.3, 0.4) is 0 Å². The Morgan fingerprint density at radius 1 is 1.40 bits per heavy atom. The highest BCUT2D eigenvalue weighted by molar-refractivity contribution is 7.17. The first-order valence-corrected chi connectivity index (χ1v) is 5.73. The number of nitriles is 1. The Morgan fingerprint density at radius 3 is 2.80 bits per heavy atom. The highest BCUT2D eigenvalue weighted by atomic mass is 32.1. The van der Waals surface area contributed by atoms with Gasteiger partial charge in [-0.15, -0.1) is 22.7 Å². The quantitative estimate of drug-likeness (QED) is 0.870. The van der Waals surface area contributed by atoms with E-state index in [4.69, 9.17) is 10.4 Å². The third-order valence-corrected chi connectivity index (χ3v) is 3.77. The zero-order valence-electron chi connectivity index (χ0n) is 7.43. The molecule has 5 heteroatoms. The van der Waals surface area contributed by atoms with Crippen LogP contribution < -0.4 is 0 Å². The Kier molecular flexibility index (Phi) is 2.54. The second-order valence-electron chi connectivity index (χ2n) is 2.74. The van der Waals surface area contributed by atoms with Crippen molar-refractivity contribution in [3.63, 3.8) is 0 Å². The maximum Gasteiger partial charge on any atom is 0.346 e. The summed E-state index contributed by atoms with van der Waals surface area (Å²) in [6.45, 7) is 0. The van der Waals surface area contributed by atoms with Gasteiger partial charge in [0.25, 0.3) is 0 Å². The van der Waals surface area contributed by atoms with E-state index in [1.54, 1.807) is 23.6 Å². The van der Waals surface area contributed by atoms with Gasteiger partial charge >= 0.3 is 5.97 Å². The lowest BCUT2D eigenvalue weighted by Gasteiger charge is -1.94. The van der Waals surface area contributed by atoms with E-state index < -0.39 is 5.97 Å². The van der Waals surface area contributed by atoms with E-state index in [0.717, 1.165) is 4.88 Å². The van der Waals surface area contributed by atoms with Crippen LogP contribution in [0, 0.1) is 11.3 Å². The van der Waals surface area contributed by atoms with Crippen molar-refractivity contribution >= 4 is 28.6 Å². The summed E-state index contributed by atoms with van der Waals surface area (Å²) >= 11 is 2.50. The Morgan fingerprint density at radius 2 is 2.20 bits per heavy atom. The average Bonchev–Trinajstić information content (AvgIpc) is 2.85. The van der Waals surface area contributed by atoms with E-state index in [1.807, 2.05) is 6.07 Å². The van der Waals surface area contributed by atoms with Gasteiger partial charge in [0.2, 0.25) is 0 Å². The van der Waals surface area contributed by atoms with Crippen molar-refractivity contribution in [3.05, 3.63) is 33.3 Å². The van der Waals surface area contributed by atoms with Crippen molar-refractivity contribution in [1.82, 2.24) is 0 Å². The van der Waals surface area contributed by atoms with Gasteiger partial charge in [-0.05, 0) is 23.6 Å². The van der Waals surface area contributed by atoms with Crippen molar-refractivity contribution in [1.29, 1.82) is 5.26 Å². The van der Waals surface area contributed by atoms with Gasteiger partial charge in [-0.2, -0.15) is 5.26 Å². The molecule has 15 heavy (non-hydrogen) atoms. The SMILES string of the molecule is N#Cc1ccc(-c2ccsc2C(=O)O)s1. The molecule has 0 spiro atoms. The van der Waals surface area contributed by atoms with Gasteiger partial charge in [0.05, 0.1) is 0 Å². The number of hydrogen-bond donors (Lipinski definition) is 1. The number of nitrogens with zero attached hydrogens (tertiary/aromatic N) is 1. The monoisotopic (exact) mass is 235 g/mol. The molecule has 0 saturated heterocycles.